The zero-order valence-corrected chi connectivity index (χ0v) is 8.02. The van der Waals surface area contributed by atoms with Crippen molar-refractivity contribution in [3.63, 3.8) is 0 Å². The molecule has 1 heterocycles. The Hall–Kier alpha value is -1.31. The number of nitrogens with two attached hydrogens (primary N) is 1. The number of hydrogen-bond acceptors (Lipinski definition) is 3. The van der Waals surface area contributed by atoms with E-state index in [1.165, 1.54) is 17.4 Å². The second-order valence-corrected chi connectivity index (χ2v) is 3.92. The van der Waals surface area contributed by atoms with Crippen LogP contribution in [0.5, 0.6) is 0 Å². The SMILES string of the molecule is N#C/C(=C\c1ccc(Cl)s1)C(N)=O. The molecule has 0 saturated heterocycles. The van der Waals surface area contributed by atoms with Gasteiger partial charge in [0.2, 0.25) is 0 Å². The number of thiophene rings is 1. The van der Waals surface area contributed by atoms with Crippen molar-refractivity contribution in [2.45, 2.75) is 0 Å². The number of hydrogen-bond donors (Lipinski definition) is 1. The van der Waals surface area contributed by atoms with Crippen molar-refractivity contribution in [3.8, 4) is 6.07 Å². The molecule has 5 heteroatoms. The summed E-state index contributed by atoms with van der Waals surface area (Å²) >= 11 is 6.94. The maximum atomic E-state index is 10.6. The van der Waals surface area contributed by atoms with Crippen LogP contribution in [0.25, 0.3) is 6.08 Å². The summed E-state index contributed by atoms with van der Waals surface area (Å²) in [5.41, 5.74) is 4.87. The van der Waals surface area contributed by atoms with Gasteiger partial charge in [-0.3, -0.25) is 4.79 Å². The minimum absolute atomic E-state index is 0.0708. The summed E-state index contributed by atoms with van der Waals surface area (Å²) < 4.78 is 0.605. The van der Waals surface area contributed by atoms with E-state index in [-0.39, 0.29) is 5.57 Å². The van der Waals surface area contributed by atoms with Crippen LogP contribution in [0.4, 0.5) is 0 Å². The highest BCUT2D eigenvalue weighted by atomic mass is 35.5. The fourth-order valence-electron chi connectivity index (χ4n) is 0.707. The Balaban J connectivity index is 3.00. The topological polar surface area (TPSA) is 66.9 Å². The van der Waals surface area contributed by atoms with E-state index in [1.807, 2.05) is 0 Å². The third-order valence-corrected chi connectivity index (χ3v) is 2.44. The third kappa shape index (κ3) is 2.58. The molecular weight excluding hydrogens is 208 g/mol. The molecule has 0 bridgehead atoms. The van der Waals surface area contributed by atoms with Crippen LogP contribution in [0.3, 0.4) is 0 Å². The molecule has 66 valence electrons. The molecular formula is C8H5ClN2OS. The van der Waals surface area contributed by atoms with Crippen LogP contribution in [-0.4, -0.2) is 5.91 Å². The summed E-state index contributed by atoms with van der Waals surface area (Å²) in [6, 6.07) is 5.11. The van der Waals surface area contributed by atoms with Gasteiger partial charge in [-0.1, -0.05) is 11.6 Å². The van der Waals surface area contributed by atoms with Gasteiger partial charge in [0.1, 0.15) is 11.6 Å². The average Bonchev–Trinajstić information content (AvgIpc) is 2.46. The predicted octanol–water partition coefficient (Wildman–Crippen LogP) is 1.79. The van der Waals surface area contributed by atoms with Crippen LogP contribution in [0.2, 0.25) is 4.34 Å². The minimum Gasteiger partial charge on any atom is -0.365 e. The van der Waals surface area contributed by atoms with Gasteiger partial charge in [-0.05, 0) is 18.2 Å². The van der Waals surface area contributed by atoms with E-state index in [2.05, 4.69) is 0 Å². The van der Waals surface area contributed by atoms with Gasteiger partial charge in [0.05, 0.1) is 4.34 Å². The number of carbonyl (C=O) groups excluding carboxylic acids is 1. The Bertz CT molecular complexity index is 403. The largest absolute Gasteiger partial charge is 0.365 e. The lowest BCUT2D eigenvalue weighted by atomic mass is 10.2. The molecule has 0 aliphatic heterocycles. The third-order valence-electron chi connectivity index (χ3n) is 1.27. The van der Waals surface area contributed by atoms with Crippen LogP contribution in [0, 0.1) is 11.3 Å². The Kier molecular flexibility index (Phi) is 3.07. The first-order valence-electron chi connectivity index (χ1n) is 3.30. The fraction of sp³-hybridized carbons (Fsp3) is 0. The summed E-state index contributed by atoms with van der Waals surface area (Å²) in [5, 5.41) is 8.52. The number of carbonyl (C=O) groups is 1. The van der Waals surface area contributed by atoms with Crippen molar-refractivity contribution >= 4 is 34.9 Å². The van der Waals surface area contributed by atoms with Crippen molar-refractivity contribution < 1.29 is 4.79 Å². The summed E-state index contributed by atoms with van der Waals surface area (Å²) in [5.74, 6) is -0.730. The zero-order valence-electron chi connectivity index (χ0n) is 6.45. The molecule has 0 radical (unpaired) electrons. The van der Waals surface area contributed by atoms with Gasteiger partial charge in [-0.2, -0.15) is 5.26 Å². The molecule has 0 aliphatic rings. The van der Waals surface area contributed by atoms with E-state index in [0.29, 0.717) is 4.34 Å². The van der Waals surface area contributed by atoms with E-state index in [4.69, 9.17) is 22.6 Å². The van der Waals surface area contributed by atoms with Gasteiger partial charge in [-0.15, -0.1) is 11.3 Å². The predicted molar refractivity (Wildman–Crippen MR) is 52.1 cm³/mol. The zero-order chi connectivity index (χ0) is 9.84. The number of rotatable bonds is 2. The Morgan fingerprint density at radius 3 is 2.77 bits per heavy atom. The monoisotopic (exact) mass is 212 g/mol. The maximum Gasteiger partial charge on any atom is 0.259 e. The van der Waals surface area contributed by atoms with Gasteiger partial charge in [0.25, 0.3) is 5.91 Å². The summed E-state index contributed by atoms with van der Waals surface area (Å²) in [6.07, 6.45) is 1.42. The molecule has 1 amide bonds. The van der Waals surface area contributed by atoms with Crippen molar-refractivity contribution in [1.82, 2.24) is 0 Å². The van der Waals surface area contributed by atoms with Crippen molar-refractivity contribution in [1.29, 1.82) is 5.26 Å². The van der Waals surface area contributed by atoms with Crippen LogP contribution in [0.15, 0.2) is 17.7 Å². The highest BCUT2D eigenvalue weighted by molar-refractivity contribution is 7.17. The molecule has 0 unspecified atom stereocenters. The van der Waals surface area contributed by atoms with Crippen LogP contribution < -0.4 is 5.73 Å². The molecule has 1 rings (SSSR count). The molecule has 2 N–H and O–H groups in total. The van der Waals surface area contributed by atoms with Gasteiger partial charge >= 0.3 is 0 Å². The average molecular weight is 213 g/mol. The fourth-order valence-corrected chi connectivity index (χ4v) is 1.71. The van der Waals surface area contributed by atoms with Crippen molar-refractivity contribution in [2.24, 2.45) is 5.73 Å². The quantitative estimate of drug-likeness (QED) is 0.600. The molecule has 0 atom stereocenters. The Labute approximate surface area is 84.0 Å². The second kappa shape index (κ2) is 4.08. The van der Waals surface area contributed by atoms with Crippen molar-refractivity contribution in [2.75, 3.05) is 0 Å². The maximum absolute atomic E-state index is 10.6. The standard InChI is InChI=1S/C8H5ClN2OS/c9-7-2-1-6(13-7)3-5(4-10)8(11)12/h1-3H,(H2,11,12)/b5-3+. The van der Waals surface area contributed by atoms with E-state index in [1.54, 1.807) is 18.2 Å². The number of primary amides is 1. The van der Waals surface area contributed by atoms with Gasteiger partial charge in [0, 0.05) is 4.88 Å². The normalized spacial score (nSPS) is 10.9. The number of nitrogens with zero attached hydrogens (tertiary/aromatic N) is 1. The second-order valence-electron chi connectivity index (χ2n) is 2.18. The van der Waals surface area contributed by atoms with Crippen LogP contribution in [0.1, 0.15) is 4.88 Å². The van der Waals surface area contributed by atoms with Crippen LogP contribution >= 0.6 is 22.9 Å². The number of halogens is 1. The van der Waals surface area contributed by atoms with E-state index >= 15 is 0 Å². The lowest BCUT2D eigenvalue weighted by Crippen LogP contribution is -2.12. The Morgan fingerprint density at radius 1 is 1.69 bits per heavy atom. The summed E-state index contributed by atoms with van der Waals surface area (Å²) in [7, 11) is 0. The van der Waals surface area contributed by atoms with Gasteiger partial charge in [0.15, 0.2) is 0 Å². The number of amides is 1. The summed E-state index contributed by atoms with van der Waals surface area (Å²) in [4.78, 5) is 11.4. The van der Waals surface area contributed by atoms with E-state index in [0.717, 1.165) is 4.88 Å². The van der Waals surface area contributed by atoms with E-state index in [9.17, 15) is 4.79 Å². The first-order chi connectivity index (χ1) is 6.13. The smallest absolute Gasteiger partial charge is 0.259 e. The molecule has 1 aromatic rings. The molecule has 3 nitrogen and oxygen atoms in total. The first kappa shape index (κ1) is 9.78. The van der Waals surface area contributed by atoms with Gasteiger partial charge in [-0.25, -0.2) is 0 Å². The first-order valence-corrected chi connectivity index (χ1v) is 4.50. The molecule has 0 aliphatic carbocycles. The highest BCUT2D eigenvalue weighted by Gasteiger charge is 2.04. The van der Waals surface area contributed by atoms with Gasteiger partial charge < -0.3 is 5.73 Å². The molecule has 0 spiro atoms. The van der Waals surface area contributed by atoms with Crippen molar-refractivity contribution in [3.05, 3.63) is 26.9 Å². The number of nitriles is 1. The minimum atomic E-state index is -0.730. The lowest BCUT2D eigenvalue weighted by Gasteiger charge is -1.88. The van der Waals surface area contributed by atoms with Crippen LogP contribution in [-0.2, 0) is 4.79 Å². The molecule has 0 saturated carbocycles. The molecule has 0 aromatic carbocycles. The van der Waals surface area contributed by atoms with E-state index < -0.39 is 5.91 Å². The summed E-state index contributed by atoms with van der Waals surface area (Å²) in [6.45, 7) is 0. The molecule has 0 fully saturated rings. The Morgan fingerprint density at radius 2 is 2.38 bits per heavy atom. The lowest BCUT2D eigenvalue weighted by molar-refractivity contribution is -0.114. The highest BCUT2D eigenvalue weighted by Crippen LogP contribution is 2.23. The molecule has 13 heavy (non-hydrogen) atoms. The molecule has 1 aromatic heterocycles.